The van der Waals surface area contributed by atoms with Crippen molar-refractivity contribution < 1.29 is 24.1 Å². The summed E-state index contributed by atoms with van der Waals surface area (Å²) >= 11 is 0.767. The maximum atomic E-state index is 13.6. The number of para-hydroxylation sites is 1. The number of nitro groups is 1. The molecular weight excluding hydrogens is 815 g/mol. The smallest absolute Gasteiger partial charge is 0.348 e. The number of hydrogen-bond donors (Lipinski definition) is 3. The summed E-state index contributed by atoms with van der Waals surface area (Å²) in [6, 6.07) is 10.3. The van der Waals surface area contributed by atoms with E-state index in [1.807, 2.05) is 17.0 Å². The van der Waals surface area contributed by atoms with Gasteiger partial charge in [-0.25, -0.2) is 15.0 Å². The third kappa shape index (κ3) is 9.94. The molecule has 0 radical (unpaired) electrons. The highest BCUT2D eigenvalue weighted by molar-refractivity contribution is 7.19. The molecule has 62 heavy (non-hydrogen) atoms. The quantitative estimate of drug-likeness (QED) is 0.0389. The molecule has 1 saturated heterocycles. The van der Waals surface area contributed by atoms with Crippen molar-refractivity contribution in [3.63, 3.8) is 0 Å². The number of aromatic nitrogens is 5. The van der Waals surface area contributed by atoms with Crippen molar-refractivity contribution in [1.29, 1.82) is 0 Å². The lowest BCUT2D eigenvalue weighted by Gasteiger charge is -2.36. The van der Waals surface area contributed by atoms with E-state index in [1.165, 1.54) is 13.8 Å². The van der Waals surface area contributed by atoms with E-state index in [4.69, 9.17) is 4.98 Å². The van der Waals surface area contributed by atoms with Gasteiger partial charge < -0.3 is 20.4 Å². The lowest BCUT2D eigenvalue weighted by Crippen LogP contribution is -2.48. The zero-order chi connectivity index (χ0) is 43.9. The van der Waals surface area contributed by atoms with Crippen molar-refractivity contribution in [2.75, 3.05) is 47.0 Å². The molecule has 324 valence electrons. The molecule has 0 unspecified atom stereocenters. The van der Waals surface area contributed by atoms with E-state index in [1.54, 1.807) is 48.1 Å². The number of fused-ring (bicyclic) bond motifs is 1. The molecule has 0 bridgehead atoms. The highest BCUT2D eigenvalue weighted by Crippen LogP contribution is 2.33. The summed E-state index contributed by atoms with van der Waals surface area (Å²) < 4.78 is 1.69. The van der Waals surface area contributed by atoms with Gasteiger partial charge in [-0.3, -0.25) is 44.0 Å². The number of piperazine rings is 1. The molecule has 1 aromatic carbocycles. The minimum absolute atomic E-state index is 0.0152. The van der Waals surface area contributed by atoms with Crippen molar-refractivity contribution in [2.45, 2.75) is 91.0 Å². The van der Waals surface area contributed by atoms with Crippen LogP contribution in [0.1, 0.15) is 109 Å². The molecule has 2 aliphatic rings. The molecule has 0 spiro atoms. The van der Waals surface area contributed by atoms with Crippen molar-refractivity contribution in [3.8, 4) is 0 Å². The number of thiazole rings is 1. The first-order valence-corrected chi connectivity index (χ1v) is 21.7. The summed E-state index contributed by atoms with van der Waals surface area (Å²) in [5.41, 5.74) is 2.68. The van der Waals surface area contributed by atoms with E-state index in [9.17, 15) is 34.1 Å². The molecule has 2 fully saturated rings. The third-order valence-corrected chi connectivity index (χ3v) is 12.4. The predicted octanol–water partition coefficient (Wildman–Crippen LogP) is 7.11. The number of Topliss-reactive ketones (excluding diaryl/α,β-unsaturated/α-hetero) is 1. The Hall–Kier alpha value is -6.63. The number of carbonyl (C=O) groups excluding carboxylic acids is 4. The first kappa shape index (κ1) is 43.5. The van der Waals surface area contributed by atoms with Gasteiger partial charge >= 0.3 is 5.00 Å². The van der Waals surface area contributed by atoms with Gasteiger partial charge in [0.25, 0.3) is 11.5 Å². The third-order valence-electron chi connectivity index (χ3n) is 11.4. The standard InChI is InChI=1S/C43H49N11O7S/c1-26-32-25-45-42(49-38(32)53(29-12-8-9-13-29)40(59)37(26)28(3)55)48-34-19-18-30(24-44-34)51-20-22-52(23-21-51)36(57)17-7-5-4-6-16-35(56)47-33-15-11-10-14-31(33)39(58)50-43-46-27(2)41(62-43)54(60)61/h10-11,14-15,18-19,24-25,29H,4-9,12-13,16-17,20-23H2,1-3H3,(H,47,56)(H,46,50,58)(H,44,45,48,49). The van der Waals surface area contributed by atoms with Crippen molar-refractivity contribution in [3.05, 3.63) is 91.6 Å². The Labute approximate surface area is 361 Å². The number of carbonyl (C=O) groups is 4. The van der Waals surface area contributed by atoms with Crippen LogP contribution in [0.25, 0.3) is 11.0 Å². The highest BCUT2D eigenvalue weighted by Gasteiger charge is 2.27. The number of rotatable bonds is 16. The molecule has 5 aromatic rings. The first-order valence-electron chi connectivity index (χ1n) is 20.9. The predicted molar refractivity (Wildman–Crippen MR) is 237 cm³/mol. The molecule has 5 heterocycles. The SMILES string of the molecule is CC(=O)c1c(C)c2cnc(Nc3ccc(N4CCN(C(=O)CCCCCCC(=O)Nc5ccccc5C(=O)Nc5nc(C)c([N+](=O)[O-])s5)CC4)cn3)nc2n(C2CCCC2)c1=O. The summed E-state index contributed by atoms with van der Waals surface area (Å²) in [5.74, 6) is -0.0893. The number of unbranched alkanes of at least 4 members (excludes halogenated alkanes) is 3. The minimum Gasteiger partial charge on any atom is -0.367 e. The number of amides is 3. The van der Waals surface area contributed by atoms with Gasteiger partial charge in [0.1, 0.15) is 17.2 Å². The second-order valence-electron chi connectivity index (χ2n) is 15.6. The van der Waals surface area contributed by atoms with E-state index in [0.29, 0.717) is 73.1 Å². The van der Waals surface area contributed by atoms with Crippen LogP contribution >= 0.6 is 11.3 Å². The zero-order valence-electron chi connectivity index (χ0n) is 34.9. The number of nitrogens with zero attached hydrogens (tertiary/aromatic N) is 8. The Balaban J connectivity index is 0.827. The molecule has 4 aromatic heterocycles. The molecule has 3 N–H and O–H groups in total. The van der Waals surface area contributed by atoms with E-state index in [-0.39, 0.29) is 62.6 Å². The molecule has 0 atom stereocenters. The molecule has 1 saturated carbocycles. The molecule has 7 rings (SSSR count). The fourth-order valence-electron chi connectivity index (χ4n) is 8.14. The van der Waals surface area contributed by atoms with Gasteiger partial charge in [0.15, 0.2) is 10.9 Å². The topological polar surface area (TPSA) is 228 Å². The van der Waals surface area contributed by atoms with E-state index >= 15 is 0 Å². The van der Waals surface area contributed by atoms with Gasteiger partial charge in [-0.1, -0.05) is 37.8 Å². The fourth-order valence-corrected chi connectivity index (χ4v) is 8.91. The average Bonchev–Trinajstić information content (AvgIpc) is 3.92. The average molecular weight is 864 g/mol. The summed E-state index contributed by atoms with van der Waals surface area (Å²) in [6.45, 7) is 7.22. The molecule has 18 nitrogen and oxygen atoms in total. The fraction of sp³-hybridized carbons (Fsp3) is 0.419. The Bertz CT molecular complexity index is 2560. The Morgan fingerprint density at radius 2 is 1.61 bits per heavy atom. The monoisotopic (exact) mass is 863 g/mol. The maximum absolute atomic E-state index is 13.6. The van der Waals surface area contributed by atoms with Gasteiger partial charge in [-0.2, -0.15) is 4.98 Å². The number of ketones is 1. The molecule has 1 aliphatic heterocycles. The van der Waals surface area contributed by atoms with Crippen LogP contribution in [0.5, 0.6) is 0 Å². The molecule has 3 amide bonds. The Kier molecular flexibility index (Phi) is 13.6. The number of benzene rings is 1. The second kappa shape index (κ2) is 19.4. The first-order chi connectivity index (χ1) is 29.9. The number of anilines is 5. The molecular formula is C43H49N11O7S. The molecule has 1 aliphatic carbocycles. The van der Waals surface area contributed by atoms with Gasteiger partial charge in [0.05, 0.1) is 33.6 Å². The van der Waals surface area contributed by atoms with Gasteiger partial charge in [0.2, 0.25) is 17.8 Å². The lowest BCUT2D eigenvalue weighted by molar-refractivity contribution is -0.380. The highest BCUT2D eigenvalue weighted by atomic mass is 32.1. The van der Waals surface area contributed by atoms with Crippen LogP contribution < -0.4 is 26.4 Å². The summed E-state index contributed by atoms with van der Waals surface area (Å²) in [7, 11) is 0. The largest absolute Gasteiger partial charge is 0.367 e. The van der Waals surface area contributed by atoms with Gasteiger partial charge in [0, 0.05) is 56.6 Å². The van der Waals surface area contributed by atoms with E-state index < -0.39 is 10.8 Å². The van der Waals surface area contributed by atoms with Crippen LogP contribution in [-0.4, -0.2) is 84.0 Å². The number of hydrogen-bond acceptors (Lipinski definition) is 14. The van der Waals surface area contributed by atoms with E-state index in [0.717, 1.165) is 62.0 Å². The van der Waals surface area contributed by atoms with Crippen LogP contribution in [0.4, 0.5) is 33.3 Å². The maximum Gasteiger partial charge on any atom is 0.348 e. The number of nitrogens with one attached hydrogen (secondary N) is 3. The minimum atomic E-state index is -0.547. The Morgan fingerprint density at radius 1 is 0.887 bits per heavy atom. The van der Waals surface area contributed by atoms with Gasteiger partial charge in [-0.05, 0) is 87.6 Å². The number of pyridine rings is 2. The van der Waals surface area contributed by atoms with Crippen molar-refractivity contribution in [2.24, 2.45) is 0 Å². The van der Waals surface area contributed by atoms with Crippen LogP contribution in [0.2, 0.25) is 0 Å². The van der Waals surface area contributed by atoms with Crippen molar-refractivity contribution >= 4 is 79.1 Å². The number of aryl methyl sites for hydroxylation is 2. The van der Waals surface area contributed by atoms with Crippen LogP contribution in [0.15, 0.2) is 53.6 Å². The zero-order valence-corrected chi connectivity index (χ0v) is 35.8. The normalized spacial score (nSPS) is 14.2. The van der Waals surface area contributed by atoms with Crippen LogP contribution in [-0.2, 0) is 9.59 Å². The van der Waals surface area contributed by atoms with Crippen LogP contribution in [0.3, 0.4) is 0 Å². The molecule has 19 heteroatoms. The summed E-state index contributed by atoms with van der Waals surface area (Å²) in [4.78, 5) is 97.3. The lowest BCUT2D eigenvalue weighted by atomic mass is 10.0. The Morgan fingerprint density at radius 3 is 2.29 bits per heavy atom. The van der Waals surface area contributed by atoms with Gasteiger partial charge in [-0.15, -0.1) is 0 Å². The second-order valence-corrected chi connectivity index (χ2v) is 16.6. The van der Waals surface area contributed by atoms with Crippen molar-refractivity contribution in [1.82, 2.24) is 29.4 Å². The summed E-state index contributed by atoms with van der Waals surface area (Å²) in [5, 5.41) is 20.3. The van der Waals surface area contributed by atoms with Crippen LogP contribution in [0, 0.1) is 24.0 Å². The summed E-state index contributed by atoms with van der Waals surface area (Å²) in [6.07, 6.45) is 10.8. The van der Waals surface area contributed by atoms with E-state index in [2.05, 4.69) is 35.8 Å².